The van der Waals surface area contributed by atoms with Gasteiger partial charge in [0, 0.05) is 5.56 Å². The van der Waals surface area contributed by atoms with E-state index in [9.17, 15) is 14.7 Å². The van der Waals surface area contributed by atoms with Crippen LogP contribution in [0.25, 0.3) is 0 Å². The van der Waals surface area contributed by atoms with E-state index >= 15 is 0 Å². The summed E-state index contributed by atoms with van der Waals surface area (Å²) in [5.41, 5.74) is 4.31. The van der Waals surface area contributed by atoms with Gasteiger partial charge in [-0.1, -0.05) is 60.7 Å². The first kappa shape index (κ1) is 18.6. The first-order chi connectivity index (χ1) is 13.0. The molecule has 1 atom stereocenters. The summed E-state index contributed by atoms with van der Waals surface area (Å²) in [6.07, 6.45) is 1.51. The van der Waals surface area contributed by atoms with Crippen molar-refractivity contribution in [3.63, 3.8) is 0 Å². The molecule has 0 aliphatic rings. The second kappa shape index (κ2) is 8.45. The lowest BCUT2D eigenvalue weighted by atomic mass is 9.86. The van der Waals surface area contributed by atoms with Crippen molar-refractivity contribution >= 4 is 11.8 Å². The van der Waals surface area contributed by atoms with Crippen molar-refractivity contribution in [3.8, 4) is 0 Å². The van der Waals surface area contributed by atoms with Crippen LogP contribution in [-0.4, -0.2) is 16.9 Å². The molecule has 0 fully saturated rings. The first-order valence-corrected chi connectivity index (χ1v) is 9.00. The average molecular weight is 358 g/mol. The van der Waals surface area contributed by atoms with E-state index in [1.807, 2.05) is 48.5 Å². The minimum Gasteiger partial charge on any atom is -0.478 e. The molecule has 0 spiro atoms. The van der Waals surface area contributed by atoms with Crippen LogP contribution in [0.3, 0.4) is 0 Å². The van der Waals surface area contributed by atoms with Gasteiger partial charge in [-0.25, -0.2) is 4.79 Å². The van der Waals surface area contributed by atoms with E-state index in [0.29, 0.717) is 11.1 Å². The quantitative estimate of drug-likeness (QED) is 0.594. The number of carbonyl (C=O) groups excluding carboxylic acids is 1. The van der Waals surface area contributed by atoms with Crippen molar-refractivity contribution in [3.05, 3.63) is 107 Å². The fourth-order valence-electron chi connectivity index (χ4n) is 3.35. The molecule has 0 saturated heterocycles. The number of hydrogen-bond acceptors (Lipinski definition) is 2. The van der Waals surface area contributed by atoms with Crippen molar-refractivity contribution < 1.29 is 14.7 Å². The third kappa shape index (κ3) is 4.91. The van der Waals surface area contributed by atoms with Gasteiger partial charge in [-0.2, -0.15) is 0 Å². The minimum atomic E-state index is -0.915. The SMILES string of the molecule is CC(=O)c1cccc(CC(Cc2cccc(C(=O)O)c2)c2ccccc2)c1. The molecule has 0 aromatic heterocycles. The molecule has 3 heteroatoms. The Balaban J connectivity index is 1.90. The predicted molar refractivity (Wildman–Crippen MR) is 106 cm³/mol. The van der Waals surface area contributed by atoms with Crippen LogP contribution in [0.1, 0.15) is 50.2 Å². The van der Waals surface area contributed by atoms with E-state index in [0.717, 1.165) is 24.0 Å². The highest BCUT2D eigenvalue weighted by Crippen LogP contribution is 2.26. The summed E-state index contributed by atoms with van der Waals surface area (Å²) in [6.45, 7) is 1.57. The number of carboxylic acid groups (broad SMARTS) is 1. The van der Waals surface area contributed by atoms with E-state index in [-0.39, 0.29) is 11.7 Å². The van der Waals surface area contributed by atoms with E-state index < -0.39 is 5.97 Å². The van der Waals surface area contributed by atoms with Gasteiger partial charge in [0.2, 0.25) is 0 Å². The maximum atomic E-state index is 11.7. The maximum Gasteiger partial charge on any atom is 0.335 e. The van der Waals surface area contributed by atoms with Gasteiger partial charge < -0.3 is 5.11 Å². The summed E-state index contributed by atoms with van der Waals surface area (Å²) >= 11 is 0. The van der Waals surface area contributed by atoms with Gasteiger partial charge >= 0.3 is 5.97 Å². The molecule has 0 aliphatic carbocycles. The normalized spacial score (nSPS) is 11.7. The van der Waals surface area contributed by atoms with Crippen molar-refractivity contribution in [1.29, 1.82) is 0 Å². The molecule has 0 aliphatic heterocycles. The van der Waals surface area contributed by atoms with Gasteiger partial charge in [-0.05, 0) is 60.6 Å². The van der Waals surface area contributed by atoms with Crippen molar-refractivity contribution in [1.82, 2.24) is 0 Å². The zero-order valence-corrected chi connectivity index (χ0v) is 15.3. The van der Waals surface area contributed by atoms with Crippen LogP contribution in [0.15, 0.2) is 78.9 Å². The highest BCUT2D eigenvalue weighted by atomic mass is 16.4. The molecule has 1 unspecified atom stereocenters. The van der Waals surface area contributed by atoms with Crippen molar-refractivity contribution in [2.75, 3.05) is 0 Å². The molecule has 0 saturated carbocycles. The number of aromatic carboxylic acids is 1. The Morgan fingerprint density at radius 2 is 1.33 bits per heavy atom. The summed E-state index contributed by atoms with van der Waals surface area (Å²) in [5.74, 6) is -0.665. The van der Waals surface area contributed by atoms with Gasteiger partial charge in [0.1, 0.15) is 0 Å². The molecular formula is C24H22O3. The van der Waals surface area contributed by atoms with E-state index in [4.69, 9.17) is 0 Å². The van der Waals surface area contributed by atoms with Gasteiger partial charge in [0.05, 0.1) is 5.56 Å². The fourth-order valence-corrected chi connectivity index (χ4v) is 3.35. The number of carbonyl (C=O) groups is 2. The highest BCUT2D eigenvalue weighted by molar-refractivity contribution is 5.94. The smallest absolute Gasteiger partial charge is 0.335 e. The largest absolute Gasteiger partial charge is 0.478 e. The van der Waals surface area contributed by atoms with E-state index in [1.54, 1.807) is 25.1 Å². The summed E-state index contributed by atoms with van der Waals surface area (Å²) in [7, 11) is 0. The Labute approximate surface area is 159 Å². The van der Waals surface area contributed by atoms with Gasteiger partial charge in [-0.3, -0.25) is 4.79 Å². The van der Waals surface area contributed by atoms with Crippen LogP contribution in [-0.2, 0) is 12.8 Å². The minimum absolute atomic E-state index is 0.0577. The molecule has 0 heterocycles. The van der Waals surface area contributed by atoms with Gasteiger partial charge in [-0.15, -0.1) is 0 Å². The summed E-state index contributed by atoms with van der Waals surface area (Å²) < 4.78 is 0. The van der Waals surface area contributed by atoms with Crippen LogP contribution < -0.4 is 0 Å². The Hall–Kier alpha value is -3.20. The van der Waals surface area contributed by atoms with E-state index in [1.165, 1.54) is 5.56 Å². The van der Waals surface area contributed by atoms with Crippen LogP contribution >= 0.6 is 0 Å². The Bertz CT molecular complexity index is 885. The van der Waals surface area contributed by atoms with Crippen LogP contribution in [0.5, 0.6) is 0 Å². The average Bonchev–Trinajstić information content (AvgIpc) is 2.68. The van der Waals surface area contributed by atoms with Gasteiger partial charge in [0.25, 0.3) is 0 Å². The number of Topliss-reactive ketones (excluding diaryl/α,β-unsaturated/α-hetero) is 1. The molecule has 0 bridgehead atoms. The summed E-state index contributed by atoms with van der Waals surface area (Å²) in [5, 5.41) is 9.25. The maximum absolute atomic E-state index is 11.7. The lowest BCUT2D eigenvalue weighted by Crippen LogP contribution is -2.08. The molecule has 136 valence electrons. The number of ketones is 1. The summed E-state index contributed by atoms with van der Waals surface area (Å²) in [6, 6.07) is 25.1. The third-order valence-corrected chi connectivity index (χ3v) is 4.74. The molecule has 0 amide bonds. The third-order valence-electron chi connectivity index (χ3n) is 4.74. The number of benzene rings is 3. The molecule has 3 aromatic carbocycles. The number of hydrogen-bond donors (Lipinski definition) is 1. The molecule has 27 heavy (non-hydrogen) atoms. The van der Waals surface area contributed by atoms with Crippen LogP contribution in [0.2, 0.25) is 0 Å². The summed E-state index contributed by atoms with van der Waals surface area (Å²) in [4.78, 5) is 23.0. The Morgan fingerprint density at radius 1 is 0.778 bits per heavy atom. The second-order valence-corrected chi connectivity index (χ2v) is 6.78. The molecule has 3 aromatic rings. The molecule has 3 nitrogen and oxygen atoms in total. The molecular weight excluding hydrogens is 336 g/mol. The zero-order valence-electron chi connectivity index (χ0n) is 15.3. The number of carboxylic acids is 1. The fraction of sp³-hybridized carbons (Fsp3) is 0.167. The first-order valence-electron chi connectivity index (χ1n) is 9.00. The van der Waals surface area contributed by atoms with Crippen molar-refractivity contribution in [2.45, 2.75) is 25.7 Å². The molecule has 3 rings (SSSR count). The standard InChI is InChI=1S/C24H22O3/c1-17(25)21-11-5-7-18(13-21)15-23(20-9-3-2-4-10-20)16-19-8-6-12-22(14-19)24(26)27/h2-14,23H,15-16H2,1H3,(H,26,27). The zero-order chi connectivity index (χ0) is 19.2. The van der Waals surface area contributed by atoms with Gasteiger partial charge in [0.15, 0.2) is 5.78 Å². The monoisotopic (exact) mass is 358 g/mol. The lowest BCUT2D eigenvalue weighted by Gasteiger charge is -2.18. The Morgan fingerprint density at radius 3 is 1.89 bits per heavy atom. The topological polar surface area (TPSA) is 54.4 Å². The van der Waals surface area contributed by atoms with Crippen LogP contribution in [0, 0.1) is 0 Å². The Kier molecular flexibility index (Phi) is 5.82. The number of rotatable bonds is 7. The molecule has 0 radical (unpaired) electrons. The molecule has 1 N–H and O–H groups in total. The van der Waals surface area contributed by atoms with Crippen LogP contribution in [0.4, 0.5) is 0 Å². The second-order valence-electron chi connectivity index (χ2n) is 6.78. The van der Waals surface area contributed by atoms with Crippen molar-refractivity contribution in [2.24, 2.45) is 0 Å². The lowest BCUT2D eigenvalue weighted by molar-refractivity contribution is 0.0696. The predicted octanol–water partition coefficient (Wildman–Crippen LogP) is 5.16. The van der Waals surface area contributed by atoms with E-state index in [2.05, 4.69) is 12.1 Å². The highest BCUT2D eigenvalue weighted by Gasteiger charge is 2.15.